The van der Waals surface area contributed by atoms with E-state index in [1.54, 1.807) is 11.1 Å². The van der Waals surface area contributed by atoms with E-state index in [1.165, 1.54) is 45.2 Å². The van der Waals surface area contributed by atoms with Crippen molar-refractivity contribution in [2.24, 2.45) is 22.7 Å². The van der Waals surface area contributed by atoms with Crippen LogP contribution in [0.25, 0.3) is 0 Å². The number of alkyl halides is 1. The van der Waals surface area contributed by atoms with E-state index in [0.29, 0.717) is 3.92 Å². The third-order valence-electron chi connectivity index (χ3n) is 6.61. The van der Waals surface area contributed by atoms with Crippen LogP contribution in [0.4, 0.5) is 0 Å². The highest BCUT2D eigenvalue weighted by Gasteiger charge is 2.41. The average Bonchev–Trinajstić information content (AvgIpc) is 2.57. The van der Waals surface area contributed by atoms with E-state index in [0.717, 1.165) is 11.8 Å². The fourth-order valence-electron chi connectivity index (χ4n) is 4.66. The van der Waals surface area contributed by atoms with Crippen LogP contribution in [0.15, 0.2) is 35.5 Å². The number of nitrogens with one attached hydrogen (secondary N) is 1. The van der Waals surface area contributed by atoms with Gasteiger partial charge >= 0.3 is 0 Å². The third kappa shape index (κ3) is 3.70. The van der Waals surface area contributed by atoms with E-state index >= 15 is 0 Å². The summed E-state index contributed by atoms with van der Waals surface area (Å²) >= 11 is 2.67. The lowest BCUT2D eigenvalue weighted by atomic mass is 9.67. The third-order valence-corrected chi connectivity index (χ3v) is 7.99. The molecule has 24 heavy (non-hydrogen) atoms. The van der Waals surface area contributed by atoms with Crippen molar-refractivity contribution in [3.8, 4) is 0 Å². The van der Waals surface area contributed by atoms with Gasteiger partial charge in [0.15, 0.2) is 0 Å². The summed E-state index contributed by atoms with van der Waals surface area (Å²) in [5.74, 6) is 1.57. The van der Waals surface area contributed by atoms with E-state index in [1.807, 2.05) is 0 Å². The monoisotopic (exact) mass is 439 g/mol. The molecular weight excluding hydrogens is 405 g/mol. The summed E-state index contributed by atoms with van der Waals surface area (Å²) in [4.78, 5) is 0. The predicted octanol–water partition coefficient (Wildman–Crippen LogP) is 6.06. The summed E-state index contributed by atoms with van der Waals surface area (Å²) in [5.41, 5.74) is 3.78. The fourth-order valence-corrected chi connectivity index (χ4v) is 5.31. The Labute approximate surface area is 162 Å². The molecule has 2 fully saturated rings. The first-order valence-electron chi connectivity index (χ1n) is 9.81. The molecule has 1 aliphatic heterocycles. The van der Waals surface area contributed by atoms with Crippen molar-refractivity contribution in [2.75, 3.05) is 13.1 Å². The smallest absolute Gasteiger partial charge is 0.0176 e. The topological polar surface area (TPSA) is 12.0 Å². The molecule has 2 aliphatic carbocycles. The van der Waals surface area contributed by atoms with E-state index in [-0.39, 0.29) is 10.8 Å². The highest BCUT2D eigenvalue weighted by molar-refractivity contribution is 14.1. The number of rotatable bonds is 2. The number of halogens is 1. The molecule has 0 amide bonds. The molecule has 0 aromatic heterocycles. The maximum atomic E-state index is 3.52. The second-order valence-electron chi connectivity index (χ2n) is 9.02. The van der Waals surface area contributed by atoms with Crippen LogP contribution in [-0.2, 0) is 0 Å². The van der Waals surface area contributed by atoms with Crippen molar-refractivity contribution >= 4 is 22.6 Å². The molecule has 0 radical (unpaired) electrons. The van der Waals surface area contributed by atoms with Crippen LogP contribution in [0.3, 0.4) is 0 Å². The van der Waals surface area contributed by atoms with E-state index in [9.17, 15) is 0 Å². The molecule has 0 aromatic rings. The molecule has 1 saturated heterocycles. The first-order valence-corrected chi connectivity index (χ1v) is 11.1. The van der Waals surface area contributed by atoms with Crippen LogP contribution in [-0.4, -0.2) is 17.0 Å². The van der Waals surface area contributed by atoms with Crippen molar-refractivity contribution in [1.29, 1.82) is 0 Å². The molecule has 3 aliphatic rings. The Kier molecular flexibility index (Phi) is 5.66. The number of hydrogen-bond donors (Lipinski definition) is 1. The Balaban J connectivity index is 2.10. The minimum absolute atomic E-state index is 0.159. The van der Waals surface area contributed by atoms with Gasteiger partial charge in [-0.25, -0.2) is 0 Å². The summed E-state index contributed by atoms with van der Waals surface area (Å²) < 4.78 is 0.651. The van der Waals surface area contributed by atoms with Crippen molar-refractivity contribution in [3.63, 3.8) is 0 Å². The average molecular weight is 439 g/mol. The molecule has 0 aromatic carbocycles. The van der Waals surface area contributed by atoms with Gasteiger partial charge in [-0.3, -0.25) is 0 Å². The minimum atomic E-state index is 0.159. The molecule has 1 heterocycles. The SMILES string of the molecule is CC(I)C1(C)CCCCCC(C2CNC2)C2=CC(C)(C)C=CC=C21. The van der Waals surface area contributed by atoms with Gasteiger partial charge in [-0.05, 0) is 48.9 Å². The van der Waals surface area contributed by atoms with Gasteiger partial charge in [0, 0.05) is 14.8 Å². The summed E-state index contributed by atoms with van der Waals surface area (Å²) in [6.07, 6.45) is 16.7. The zero-order valence-electron chi connectivity index (χ0n) is 15.9. The lowest BCUT2D eigenvalue weighted by Gasteiger charge is -2.42. The van der Waals surface area contributed by atoms with Crippen LogP contribution in [0.5, 0.6) is 0 Å². The van der Waals surface area contributed by atoms with Gasteiger partial charge in [0.05, 0.1) is 0 Å². The predicted molar refractivity (Wildman–Crippen MR) is 114 cm³/mol. The van der Waals surface area contributed by atoms with Crippen LogP contribution in [0, 0.1) is 22.7 Å². The number of hydrogen-bond acceptors (Lipinski definition) is 1. The van der Waals surface area contributed by atoms with E-state index < -0.39 is 0 Å². The molecule has 1 N–H and O–H groups in total. The highest BCUT2D eigenvalue weighted by atomic mass is 127. The van der Waals surface area contributed by atoms with Gasteiger partial charge in [0.25, 0.3) is 0 Å². The molecule has 134 valence electrons. The molecule has 0 bridgehead atoms. The van der Waals surface area contributed by atoms with Crippen LogP contribution < -0.4 is 5.32 Å². The van der Waals surface area contributed by atoms with E-state index in [4.69, 9.17) is 0 Å². The highest BCUT2D eigenvalue weighted by Crippen LogP contribution is 2.50. The second-order valence-corrected chi connectivity index (χ2v) is 10.9. The molecule has 3 unspecified atom stereocenters. The molecule has 0 spiro atoms. The van der Waals surface area contributed by atoms with Gasteiger partial charge in [0.1, 0.15) is 0 Å². The molecule has 1 saturated carbocycles. The Morgan fingerprint density at radius 3 is 2.54 bits per heavy atom. The summed E-state index contributed by atoms with van der Waals surface area (Å²) in [5, 5.41) is 3.52. The van der Waals surface area contributed by atoms with E-state index in [2.05, 4.69) is 79.9 Å². The second kappa shape index (κ2) is 7.26. The zero-order chi connectivity index (χ0) is 17.4. The zero-order valence-corrected chi connectivity index (χ0v) is 18.0. The van der Waals surface area contributed by atoms with Gasteiger partial charge in [-0.15, -0.1) is 0 Å². The molecule has 3 rings (SSSR count). The number of allylic oxidation sites excluding steroid dienone is 6. The summed E-state index contributed by atoms with van der Waals surface area (Å²) in [7, 11) is 0. The Morgan fingerprint density at radius 2 is 1.92 bits per heavy atom. The largest absolute Gasteiger partial charge is 0.316 e. The number of fused-ring (bicyclic) bond motifs is 1. The molecule has 1 nitrogen and oxygen atoms in total. The lowest BCUT2D eigenvalue weighted by Crippen LogP contribution is -2.47. The molecular formula is C22H34IN. The van der Waals surface area contributed by atoms with Gasteiger partial charge in [-0.1, -0.05) is 93.9 Å². The van der Waals surface area contributed by atoms with Crippen molar-refractivity contribution < 1.29 is 0 Å². The Morgan fingerprint density at radius 1 is 1.17 bits per heavy atom. The Bertz CT molecular complexity index is 550. The first-order chi connectivity index (χ1) is 11.3. The van der Waals surface area contributed by atoms with Crippen molar-refractivity contribution in [1.82, 2.24) is 5.32 Å². The Hall–Kier alpha value is -0.0900. The fraction of sp³-hybridized carbons (Fsp3) is 0.727. The maximum Gasteiger partial charge on any atom is 0.0176 e. The normalized spacial score (nSPS) is 35.3. The standard InChI is InChI=1S/C22H34IN/c1-16(23)22(4)12-7-5-6-9-18(17-14-24-15-17)19-13-21(2,3)11-8-10-20(19)22/h8,10-11,13,16-18,24H,5-7,9,12,14-15H2,1-4H3. The van der Waals surface area contributed by atoms with Crippen LogP contribution in [0.2, 0.25) is 0 Å². The van der Waals surface area contributed by atoms with Gasteiger partial charge in [0.2, 0.25) is 0 Å². The van der Waals surface area contributed by atoms with Crippen molar-refractivity contribution in [3.05, 3.63) is 35.5 Å². The summed E-state index contributed by atoms with van der Waals surface area (Å²) in [6, 6.07) is 0. The first kappa shape index (κ1) is 18.7. The van der Waals surface area contributed by atoms with Crippen molar-refractivity contribution in [2.45, 2.75) is 63.7 Å². The molecule has 2 heteroatoms. The molecule has 3 atom stereocenters. The van der Waals surface area contributed by atoms with Gasteiger partial charge < -0.3 is 5.32 Å². The maximum absolute atomic E-state index is 3.52. The van der Waals surface area contributed by atoms with Crippen LogP contribution in [0.1, 0.15) is 59.8 Å². The summed E-state index contributed by atoms with van der Waals surface area (Å²) in [6.45, 7) is 12.1. The quantitative estimate of drug-likeness (QED) is 0.407. The minimum Gasteiger partial charge on any atom is -0.316 e. The van der Waals surface area contributed by atoms with Crippen LogP contribution >= 0.6 is 22.6 Å². The van der Waals surface area contributed by atoms with Gasteiger partial charge in [-0.2, -0.15) is 0 Å². The lowest BCUT2D eigenvalue weighted by molar-refractivity contribution is 0.245.